The van der Waals surface area contributed by atoms with Crippen LogP contribution in [-0.4, -0.2) is 35.6 Å². The molecule has 0 saturated carbocycles. The van der Waals surface area contributed by atoms with Crippen LogP contribution in [0.3, 0.4) is 0 Å². The number of alkyl halides is 3. The number of unbranched alkanes of at least 4 members (excludes halogenated alkanes) is 1. The zero-order valence-electron chi connectivity index (χ0n) is 13.4. The first kappa shape index (κ1) is 18.6. The maximum Gasteiger partial charge on any atom is 0.416 e. The highest BCUT2D eigenvalue weighted by molar-refractivity contribution is 8.01. The third-order valence-corrected chi connectivity index (χ3v) is 5.03. The molecule has 0 radical (unpaired) electrons. The second-order valence-electron chi connectivity index (χ2n) is 5.68. The number of amides is 2. The number of carbonyl (C=O) groups is 2. The minimum Gasteiger partial charge on any atom is -0.346 e. The molecule has 1 aliphatic rings. The SMILES string of the molecule is CCCCN(C)C(=O)CC1Sc2ccc(C(F)(F)F)cc2NC1=O. The molecule has 2 amide bonds. The fraction of sp³-hybridized carbons (Fsp3) is 0.500. The molecule has 1 aliphatic heterocycles. The van der Waals surface area contributed by atoms with Crippen molar-refractivity contribution in [2.24, 2.45) is 0 Å². The number of hydrogen-bond donors (Lipinski definition) is 1. The van der Waals surface area contributed by atoms with E-state index in [1.165, 1.54) is 6.07 Å². The van der Waals surface area contributed by atoms with Crippen LogP contribution in [0.25, 0.3) is 0 Å². The Morgan fingerprint density at radius 1 is 1.38 bits per heavy atom. The number of benzene rings is 1. The van der Waals surface area contributed by atoms with E-state index in [1.54, 1.807) is 11.9 Å². The Balaban J connectivity index is 2.07. The molecular formula is C16H19F3N2O2S. The lowest BCUT2D eigenvalue weighted by Gasteiger charge is -2.26. The summed E-state index contributed by atoms with van der Waals surface area (Å²) in [7, 11) is 1.69. The van der Waals surface area contributed by atoms with Gasteiger partial charge in [0, 0.05) is 24.9 Å². The van der Waals surface area contributed by atoms with Gasteiger partial charge in [-0.15, -0.1) is 11.8 Å². The molecule has 0 bridgehead atoms. The molecule has 1 aromatic carbocycles. The van der Waals surface area contributed by atoms with Crippen molar-refractivity contribution in [3.63, 3.8) is 0 Å². The third kappa shape index (κ3) is 4.43. The summed E-state index contributed by atoms with van der Waals surface area (Å²) in [6.45, 7) is 2.65. The van der Waals surface area contributed by atoms with E-state index in [0.29, 0.717) is 11.4 Å². The summed E-state index contributed by atoms with van der Waals surface area (Å²) in [6.07, 6.45) is -2.59. The second-order valence-corrected chi connectivity index (χ2v) is 6.92. The monoisotopic (exact) mass is 360 g/mol. The van der Waals surface area contributed by atoms with Gasteiger partial charge in [-0.05, 0) is 24.6 Å². The van der Waals surface area contributed by atoms with Crippen LogP contribution in [0.1, 0.15) is 31.7 Å². The molecule has 24 heavy (non-hydrogen) atoms. The van der Waals surface area contributed by atoms with E-state index in [2.05, 4.69) is 5.32 Å². The van der Waals surface area contributed by atoms with Gasteiger partial charge in [0.05, 0.1) is 16.5 Å². The fourth-order valence-corrected chi connectivity index (χ4v) is 3.38. The number of nitrogens with one attached hydrogen (secondary N) is 1. The van der Waals surface area contributed by atoms with Gasteiger partial charge < -0.3 is 10.2 Å². The van der Waals surface area contributed by atoms with Gasteiger partial charge in [-0.1, -0.05) is 13.3 Å². The Hall–Kier alpha value is -1.70. The summed E-state index contributed by atoms with van der Waals surface area (Å²) < 4.78 is 38.2. The summed E-state index contributed by atoms with van der Waals surface area (Å²) in [6, 6.07) is 3.24. The number of halogens is 3. The third-order valence-electron chi connectivity index (χ3n) is 3.76. The van der Waals surface area contributed by atoms with E-state index in [9.17, 15) is 22.8 Å². The molecule has 1 heterocycles. The number of hydrogen-bond acceptors (Lipinski definition) is 3. The highest BCUT2D eigenvalue weighted by Crippen LogP contribution is 2.40. The summed E-state index contributed by atoms with van der Waals surface area (Å²) >= 11 is 1.13. The molecule has 0 saturated heterocycles. The Kier molecular flexibility index (Phi) is 5.79. The number of anilines is 1. The van der Waals surface area contributed by atoms with E-state index in [-0.39, 0.29) is 18.0 Å². The van der Waals surface area contributed by atoms with Crippen molar-refractivity contribution in [3.05, 3.63) is 23.8 Å². The average molecular weight is 360 g/mol. The van der Waals surface area contributed by atoms with Gasteiger partial charge in [-0.3, -0.25) is 9.59 Å². The van der Waals surface area contributed by atoms with Gasteiger partial charge in [0.15, 0.2) is 0 Å². The normalized spacial score (nSPS) is 17.2. The molecule has 4 nitrogen and oxygen atoms in total. The molecule has 1 N–H and O–H groups in total. The van der Waals surface area contributed by atoms with Crippen molar-refractivity contribution in [1.82, 2.24) is 4.90 Å². The van der Waals surface area contributed by atoms with Gasteiger partial charge >= 0.3 is 6.18 Å². The van der Waals surface area contributed by atoms with Crippen LogP contribution in [0, 0.1) is 0 Å². The number of fused-ring (bicyclic) bond motifs is 1. The molecule has 1 unspecified atom stereocenters. The first-order chi connectivity index (χ1) is 11.2. The largest absolute Gasteiger partial charge is 0.416 e. The molecule has 0 aromatic heterocycles. The van der Waals surface area contributed by atoms with Crippen molar-refractivity contribution in [3.8, 4) is 0 Å². The average Bonchev–Trinajstić information content (AvgIpc) is 2.51. The maximum absolute atomic E-state index is 12.7. The first-order valence-electron chi connectivity index (χ1n) is 7.65. The van der Waals surface area contributed by atoms with Crippen molar-refractivity contribution in [2.75, 3.05) is 18.9 Å². The van der Waals surface area contributed by atoms with Gasteiger partial charge in [-0.2, -0.15) is 13.2 Å². The van der Waals surface area contributed by atoms with Crippen molar-refractivity contribution in [1.29, 1.82) is 0 Å². The van der Waals surface area contributed by atoms with Crippen molar-refractivity contribution < 1.29 is 22.8 Å². The van der Waals surface area contributed by atoms with Crippen molar-refractivity contribution in [2.45, 2.75) is 42.5 Å². The zero-order chi connectivity index (χ0) is 17.9. The van der Waals surface area contributed by atoms with Crippen LogP contribution < -0.4 is 5.32 Å². The molecule has 0 aliphatic carbocycles. The van der Waals surface area contributed by atoms with Crippen LogP contribution in [-0.2, 0) is 15.8 Å². The molecular weight excluding hydrogens is 341 g/mol. The Bertz CT molecular complexity index is 634. The molecule has 1 atom stereocenters. The van der Waals surface area contributed by atoms with Crippen LogP contribution >= 0.6 is 11.8 Å². The van der Waals surface area contributed by atoms with Gasteiger partial charge in [-0.25, -0.2) is 0 Å². The zero-order valence-corrected chi connectivity index (χ0v) is 14.3. The minimum absolute atomic E-state index is 0.0250. The van der Waals surface area contributed by atoms with Gasteiger partial charge in [0.2, 0.25) is 11.8 Å². The lowest BCUT2D eigenvalue weighted by molar-refractivity contribution is -0.137. The van der Waals surface area contributed by atoms with Gasteiger partial charge in [0.25, 0.3) is 0 Å². The van der Waals surface area contributed by atoms with Crippen LogP contribution in [0.4, 0.5) is 18.9 Å². The van der Waals surface area contributed by atoms with Crippen LogP contribution in [0.5, 0.6) is 0 Å². The predicted molar refractivity (Wildman–Crippen MR) is 86.9 cm³/mol. The highest BCUT2D eigenvalue weighted by Gasteiger charge is 2.34. The Morgan fingerprint density at radius 2 is 2.08 bits per heavy atom. The lowest BCUT2D eigenvalue weighted by atomic mass is 10.1. The van der Waals surface area contributed by atoms with Crippen molar-refractivity contribution >= 4 is 29.3 Å². The topological polar surface area (TPSA) is 49.4 Å². The van der Waals surface area contributed by atoms with Gasteiger partial charge in [0.1, 0.15) is 0 Å². The van der Waals surface area contributed by atoms with Crippen LogP contribution in [0.2, 0.25) is 0 Å². The molecule has 1 aromatic rings. The molecule has 2 rings (SSSR count). The quantitative estimate of drug-likeness (QED) is 0.870. The van der Waals surface area contributed by atoms with E-state index < -0.39 is 22.9 Å². The standard InChI is InChI=1S/C16H19F3N2O2S/c1-3-4-7-21(2)14(22)9-13-15(23)20-11-8-10(16(17,18)19)5-6-12(11)24-13/h5-6,8,13H,3-4,7,9H2,1-2H3,(H,20,23). The molecule has 8 heteroatoms. The number of rotatable bonds is 5. The number of nitrogens with zero attached hydrogens (tertiary/aromatic N) is 1. The molecule has 0 spiro atoms. The maximum atomic E-state index is 12.7. The number of thioether (sulfide) groups is 1. The van der Waals surface area contributed by atoms with E-state index in [4.69, 9.17) is 0 Å². The summed E-state index contributed by atoms with van der Waals surface area (Å²) in [5, 5.41) is 1.85. The van der Waals surface area contributed by atoms with Crippen LogP contribution in [0.15, 0.2) is 23.1 Å². The summed E-state index contributed by atoms with van der Waals surface area (Å²) in [5.74, 6) is -0.587. The van der Waals surface area contributed by atoms with E-state index in [0.717, 1.165) is 36.7 Å². The molecule has 0 fully saturated rings. The fourth-order valence-electron chi connectivity index (χ4n) is 2.30. The smallest absolute Gasteiger partial charge is 0.346 e. The summed E-state index contributed by atoms with van der Waals surface area (Å²) in [4.78, 5) is 26.4. The van der Waals surface area contributed by atoms with E-state index in [1.807, 2.05) is 6.92 Å². The second kappa shape index (κ2) is 7.46. The number of carbonyl (C=O) groups excluding carboxylic acids is 2. The predicted octanol–water partition coefficient (Wildman–Crippen LogP) is 3.77. The Morgan fingerprint density at radius 3 is 2.71 bits per heavy atom. The lowest BCUT2D eigenvalue weighted by Crippen LogP contribution is -2.36. The first-order valence-corrected chi connectivity index (χ1v) is 8.53. The summed E-state index contributed by atoms with van der Waals surface area (Å²) in [5.41, 5.74) is -0.668. The Labute approximate surface area is 142 Å². The molecule has 132 valence electrons. The van der Waals surface area contributed by atoms with E-state index >= 15 is 0 Å². The minimum atomic E-state index is -4.46. The highest BCUT2D eigenvalue weighted by atomic mass is 32.2.